The van der Waals surface area contributed by atoms with Gasteiger partial charge in [0.05, 0.1) is 32.0 Å². The van der Waals surface area contributed by atoms with Gasteiger partial charge in [0.1, 0.15) is 18.1 Å². The first-order valence-electron chi connectivity index (χ1n) is 13.7. The second-order valence-corrected chi connectivity index (χ2v) is 11.2. The molecule has 2 fully saturated rings. The molecule has 39 heavy (non-hydrogen) atoms. The molecule has 0 spiro atoms. The number of halogens is 1. The van der Waals surface area contributed by atoms with Crippen LogP contribution >= 0.6 is 22.6 Å². The lowest BCUT2D eigenvalue weighted by molar-refractivity contribution is -0.181. The van der Waals surface area contributed by atoms with Crippen molar-refractivity contribution >= 4 is 22.6 Å². The van der Waals surface area contributed by atoms with E-state index in [1.165, 1.54) is 0 Å². The summed E-state index contributed by atoms with van der Waals surface area (Å²) in [6.45, 7) is 7.95. The highest BCUT2D eigenvalue weighted by Gasteiger charge is 2.49. The maximum absolute atomic E-state index is 6.43. The van der Waals surface area contributed by atoms with Crippen LogP contribution in [0.1, 0.15) is 58.4 Å². The normalized spacial score (nSPS) is 26.8. The van der Waals surface area contributed by atoms with Gasteiger partial charge in [0.15, 0.2) is 12.1 Å². The fraction of sp³-hybridized carbons (Fsp3) is 0.667. The van der Waals surface area contributed by atoms with E-state index in [1.807, 2.05) is 48.3 Å². The molecule has 2 heterocycles. The third-order valence-corrected chi connectivity index (χ3v) is 7.16. The molecule has 9 heteroatoms. The summed E-state index contributed by atoms with van der Waals surface area (Å²) in [5, 5.41) is 0. The molecule has 5 atom stereocenters. The molecule has 220 valence electrons. The van der Waals surface area contributed by atoms with Gasteiger partial charge >= 0.3 is 0 Å². The van der Waals surface area contributed by atoms with E-state index in [9.17, 15) is 0 Å². The summed E-state index contributed by atoms with van der Waals surface area (Å²) in [5.41, 5.74) is 0.426. The van der Waals surface area contributed by atoms with Crippen LogP contribution in [-0.2, 0) is 39.8 Å². The van der Waals surface area contributed by atoms with E-state index in [4.69, 9.17) is 37.9 Å². The Labute approximate surface area is 247 Å². The van der Waals surface area contributed by atoms with Gasteiger partial charge in [-0.25, -0.2) is 0 Å². The first kappa shape index (κ1) is 32.5. The van der Waals surface area contributed by atoms with E-state index in [1.54, 1.807) is 14.2 Å². The summed E-state index contributed by atoms with van der Waals surface area (Å²) in [7, 11) is 3.28. The average Bonchev–Trinajstić information content (AvgIpc) is 3.16. The highest BCUT2D eigenvalue weighted by molar-refractivity contribution is 14.1. The van der Waals surface area contributed by atoms with Crippen molar-refractivity contribution in [2.24, 2.45) is 0 Å². The van der Waals surface area contributed by atoms with Crippen LogP contribution in [0.4, 0.5) is 0 Å². The van der Waals surface area contributed by atoms with E-state index in [0.29, 0.717) is 26.1 Å². The number of benzene rings is 1. The average molecular weight is 661 g/mol. The van der Waals surface area contributed by atoms with Crippen molar-refractivity contribution < 1.29 is 37.9 Å². The van der Waals surface area contributed by atoms with Gasteiger partial charge in [-0.05, 0) is 67.9 Å². The Morgan fingerprint density at radius 3 is 2.54 bits per heavy atom. The fourth-order valence-electron chi connectivity index (χ4n) is 4.78. The first-order valence-corrected chi connectivity index (χ1v) is 14.9. The van der Waals surface area contributed by atoms with Crippen LogP contribution < -0.4 is 4.74 Å². The third kappa shape index (κ3) is 11.0. The van der Waals surface area contributed by atoms with Crippen molar-refractivity contribution in [1.29, 1.82) is 0 Å². The number of ether oxygens (including phenoxy) is 8. The molecule has 8 nitrogen and oxygen atoms in total. The second-order valence-electron chi connectivity index (χ2n) is 10.5. The quantitative estimate of drug-likeness (QED) is 0.0885. The summed E-state index contributed by atoms with van der Waals surface area (Å²) in [5.74, 6) is 0.105. The number of rotatable bonds is 16. The van der Waals surface area contributed by atoms with Crippen LogP contribution in [0.3, 0.4) is 0 Å². The Bertz CT molecular complexity index is 883. The van der Waals surface area contributed by atoms with Gasteiger partial charge in [0.25, 0.3) is 0 Å². The number of hydrogen-bond acceptors (Lipinski definition) is 8. The van der Waals surface area contributed by atoms with Crippen LogP contribution in [0.15, 0.2) is 46.6 Å². The summed E-state index contributed by atoms with van der Waals surface area (Å²) in [4.78, 5) is 0. The van der Waals surface area contributed by atoms with E-state index < -0.39 is 11.4 Å². The molecule has 2 aliphatic rings. The molecule has 1 aromatic rings. The second kappa shape index (κ2) is 16.4. The minimum absolute atomic E-state index is 0.161. The zero-order chi connectivity index (χ0) is 28.1. The van der Waals surface area contributed by atoms with Gasteiger partial charge in [-0.3, -0.25) is 0 Å². The van der Waals surface area contributed by atoms with Gasteiger partial charge in [-0.1, -0.05) is 46.9 Å². The molecule has 2 saturated heterocycles. The van der Waals surface area contributed by atoms with Crippen LogP contribution in [0, 0.1) is 0 Å². The Kier molecular flexibility index (Phi) is 13.7. The highest BCUT2D eigenvalue weighted by Crippen LogP contribution is 2.40. The molecule has 0 bridgehead atoms. The Morgan fingerprint density at radius 2 is 1.87 bits per heavy atom. The summed E-state index contributed by atoms with van der Waals surface area (Å²) >= 11 is 2.20. The summed E-state index contributed by atoms with van der Waals surface area (Å²) in [6, 6.07) is 7.91. The molecule has 0 aromatic heterocycles. The van der Waals surface area contributed by atoms with Crippen molar-refractivity contribution in [1.82, 2.24) is 0 Å². The third-order valence-electron chi connectivity index (χ3n) is 6.75. The lowest BCUT2D eigenvalue weighted by Crippen LogP contribution is -2.38. The largest absolute Gasteiger partial charge is 0.497 e. The maximum atomic E-state index is 6.43. The lowest BCUT2D eigenvalue weighted by atomic mass is 9.93. The smallest absolute Gasteiger partial charge is 0.164 e. The predicted molar refractivity (Wildman–Crippen MR) is 158 cm³/mol. The first-order chi connectivity index (χ1) is 18.8. The SMILES string of the molecule is COCOC(/C=C\I)C[C@H]1OC(C)(C)O[C@]1(C)/C=C/C(CCOCc1ccc(OC)cc1)OC1CCCCO1. The number of methoxy groups -OCH3 is 2. The van der Waals surface area contributed by atoms with E-state index in [-0.39, 0.29) is 31.4 Å². The van der Waals surface area contributed by atoms with E-state index >= 15 is 0 Å². The fourth-order valence-corrected chi connectivity index (χ4v) is 5.25. The zero-order valence-corrected chi connectivity index (χ0v) is 26.1. The summed E-state index contributed by atoms with van der Waals surface area (Å²) < 4.78 is 49.2. The molecule has 0 radical (unpaired) electrons. The molecular formula is C30H45IO8. The van der Waals surface area contributed by atoms with Gasteiger partial charge in [-0.15, -0.1) is 0 Å². The molecule has 0 N–H and O–H groups in total. The minimum Gasteiger partial charge on any atom is -0.497 e. The Balaban J connectivity index is 1.66. The van der Waals surface area contributed by atoms with Gasteiger partial charge in [0.2, 0.25) is 0 Å². The van der Waals surface area contributed by atoms with Crippen molar-refractivity contribution in [2.75, 3.05) is 34.2 Å². The van der Waals surface area contributed by atoms with Crippen LogP contribution in [-0.4, -0.2) is 70.2 Å². The molecule has 2 aliphatic heterocycles. The number of hydrogen-bond donors (Lipinski definition) is 0. The highest BCUT2D eigenvalue weighted by atomic mass is 127. The van der Waals surface area contributed by atoms with Gasteiger partial charge in [0, 0.05) is 33.2 Å². The van der Waals surface area contributed by atoms with Crippen LogP contribution in [0.25, 0.3) is 0 Å². The Morgan fingerprint density at radius 1 is 1.08 bits per heavy atom. The van der Waals surface area contributed by atoms with Gasteiger partial charge < -0.3 is 37.9 Å². The van der Waals surface area contributed by atoms with Crippen LogP contribution in [0.2, 0.25) is 0 Å². The lowest BCUT2D eigenvalue weighted by Gasteiger charge is -2.29. The molecule has 1 aromatic carbocycles. The Hall–Kier alpha value is -1.05. The molecular weight excluding hydrogens is 615 g/mol. The van der Waals surface area contributed by atoms with Crippen molar-refractivity contribution in [3.8, 4) is 5.75 Å². The molecule has 3 rings (SSSR count). The summed E-state index contributed by atoms with van der Waals surface area (Å²) in [6.07, 6.45) is 9.74. The molecule has 3 unspecified atom stereocenters. The molecule has 0 aliphatic carbocycles. The zero-order valence-electron chi connectivity index (χ0n) is 23.9. The monoisotopic (exact) mass is 660 g/mol. The van der Waals surface area contributed by atoms with Crippen molar-refractivity contribution in [2.45, 2.75) is 95.5 Å². The predicted octanol–water partition coefficient (Wildman–Crippen LogP) is 6.31. The topological polar surface area (TPSA) is 73.8 Å². The standard InChI is InChI=1S/C30H45IO8/c1-29(2)38-27(20-26(14-17-31)36-22-32-4)30(3,39-29)16-13-25(37-28-8-6-7-18-35-28)15-19-34-21-23-9-11-24(33-5)12-10-23/h9-14,16-17,25-28H,6-8,15,18-22H2,1-5H3/b16-13+,17-14-/t25?,26?,27-,28?,30-/m1/s1. The maximum Gasteiger partial charge on any atom is 0.164 e. The van der Waals surface area contributed by atoms with Crippen molar-refractivity contribution in [3.63, 3.8) is 0 Å². The molecule has 0 saturated carbocycles. The molecule has 0 amide bonds. The van der Waals surface area contributed by atoms with E-state index in [2.05, 4.69) is 41.7 Å². The van der Waals surface area contributed by atoms with E-state index in [0.717, 1.165) is 37.2 Å². The van der Waals surface area contributed by atoms with Gasteiger partial charge in [-0.2, -0.15) is 0 Å². The van der Waals surface area contributed by atoms with Crippen molar-refractivity contribution in [3.05, 3.63) is 52.1 Å². The van der Waals surface area contributed by atoms with Crippen LogP contribution in [0.5, 0.6) is 5.75 Å². The minimum atomic E-state index is -0.728.